The molecule has 2 heteroatoms. The van der Waals surface area contributed by atoms with E-state index in [1.165, 1.54) is 6.92 Å². The van der Waals surface area contributed by atoms with E-state index in [0.717, 1.165) is 0 Å². The minimum atomic E-state index is -0.0361. The second kappa shape index (κ2) is 3.68. The van der Waals surface area contributed by atoms with Crippen molar-refractivity contribution in [1.82, 2.24) is 0 Å². The fourth-order valence-electron chi connectivity index (χ4n) is 1.05. The molecule has 1 aromatic rings. The lowest BCUT2D eigenvalue weighted by molar-refractivity contribution is 0.101. The third-order valence-electron chi connectivity index (χ3n) is 1.71. The molecule has 0 amide bonds. The minimum Gasteiger partial charge on any atom is -0.294 e. The van der Waals surface area contributed by atoms with E-state index in [0.29, 0.717) is 16.8 Å². The maximum Gasteiger partial charge on any atom is 0.161 e. The zero-order valence-corrected chi connectivity index (χ0v) is 7.37. The average molecular weight is 171 g/mol. The summed E-state index contributed by atoms with van der Waals surface area (Å²) >= 11 is 0. The van der Waals surface area contributed by atoms with Crippen LogP contribution in [0.2, 0.25) is 0 Å². The summed E-state index contributed by atoms with van der Waals surface area (Å²) in [5.74, 6) is 2.43. The van der Waals surface area contributed by atoms with Crippen molar-refractivity contribution in [2.75, 3.05) is 0 Å². The molecule has 1 aromatic carbocycles. The first-order valence-electron chi connectivity index (χ1n) is 3.77. The number of aliphatic imine (C=N–C) groups is 1. The normalized spacial score (nSPS) is 8.92. The van der Waals surface area contributed by atoms with Crippen LogP contribution >= 0.6 is 0 Å². The highest BCUT2D eigenvalue weighted by Crippen LogP contribution is 2.20. The summed E-state index contributed by atoms with van der Waals surface area (Å²) in [5, 5.41) is 0. The number of Topliss-reactive ketones (excluding diaryl/α,β-unsaturated/α-hetero) is 1. The number of terminal acetylenes is 1. The number of hydrogen-bond donors (Lipinski definition) is 0. The van der Waals surface area contributed by atoms with Crippen LogP contribution in [0, 0.1) is 12.3 Å². The van der Waals surface area contributed by atoms with E-state index >= 15 is 0 Å². The zero-order chi connectivity index (χ0) is 9.84. The first kappa shape index (κ1) is 9.21. The Balaban J connectivity index is 3.33. The van der Waals surface area contributed by atoms with Gasteiger partial charge in [0.1, 0.15) is 0 Å². The van der Waals surface area contributed by atoms with Crippen molar-refractivity contribution in [3.63, 3.8) is 0 Å². The van der Waals surface area contributed by atoms with Gasteiger partial charge < -0.3 is 0 Å². The first-order chi connectivity index (χ1) is 6.19. The molecule has 0 fully saturated rings. The topological polar surface area (TPSA) is 29.4 Å². The summed E-state index contributed by atoms with van der Waals surface area (Å²) in [6.07, 6.45) is 5.20. The molecule has 64 valence electrons. The Morgan fingerprint density at radius 3 is 2.77 bits per heavy atom. The summed E-state index contributed by atoms with van der Waals surface area (Å²) in [4.78, 5) is 14.8. The quantitative estimate of drug-likeness (QED) is 0.381. The van der Waals surface area contributed by atoms with Gasteiger partial charge in [0.15, 0.2) is 5.78 Å². The van der Waals surface area contributed by atoms with E-state index in [2.05, 4.69) is 17.6 Å². The van der Waals surface area contributed by atoms with Crippen LogP contribution < -0.4 is 0 Å². The van der Waals surface area contributed by atoms with E-state index in [9.17, 15) is 4.79 Å². The second-order valence-corrected chi connectivity index (χ2v) is 2.59. The molecule has 0 radical (unpaired) electrons. The molecule has 0 aliphatic heterocycles. The predicted molar refractivity (Wildman–Crippen MR) is 53.6 cm³/mol. The van der Waals surface area contributed by atoms with Crippen molar-refractivity contribution in [3.8, 4) is 12.3 Å². The molecule has 0 unspecified atom stereocenters. The van der Waals surface area contributed by atoms with Gasteiger partial charge in [-0.05, 0) is 31.8 Å². The maximum absolute atomic E-state index is 11.1. The van der Waals surface area contributed by atoms with Crippen molar-refractivity contribution < 1.29 is 4.79 Å². The Morgan fingerprint density at radius 1 is 1.62 bits per heavy atom. The van der Waals surface area contributed by atoms with Crippen molar-refractivity contribution in [2.45, 2.75) is 6.92 Å². The van der Waals surface area contributed by atoms with Crippen LogP contribution in [0.25, 0.3) is 0 Å². The predicted octanol–water partition coefficient (Wildman–Crippen LogP) is 2.20. The van der Waals surface area contributed by atoms with E-state index in [1.54, 1.807) is 18.2 Å². The molecule has 0 aromatic heterocycles. The Morgan fingerprint density at radius 2 is 2.31 bits per heavy atom. The number of carbonyl (C=O) groups excluding carboxylic acids is 1. The molecule has 0 saturated carbocycles. The van der Waals surface area contributed by atoms with Crippen LogP contribution in [-0.4, -0.2) is 12.5 Å². The SMILES string of the molecule is C#Cc1ccc(C(C)=O)c(N=C)c1. The number of rotatable bonds is 2. The fraction of sp³-hybridized carbons (Fsp3) is 0.0909. The highest BCUT2D eigenvalue weighted by atomic mass is 16.1. The van der Waals surface area contributed by atoms with Crippen molar-refractivity contribution in [1.29, 1.82) is 0 Å². The van der Waals surface area contributed by atoms with Crippen LogP contribution in [-0.2, 0) is 0 Å². The van der Waals surface area contributed by atoms with Gasteiger partial charge in [0.25, 0.3) is 0 Å². The van der Waals surface area contributed by atoms with Gasteiger partial charge in [0, 0.05) is 11.1 Å². The lowest BCUT2D eigenvalue weighted by Crippen LogP contribution is -1.92. The Labute approximate surface area is 77.3 Å². The van der Waals surface area contributed by atoms with Gasteiger partial charge in [-0.3, -0.25) is 9.79 Å². The number of benzene rings is 1. The molecule has 2 nitrogen and oxygen atoms in total. The van der Waals surface area contributed by atoms with Gasteiger partial charge in [0.05, 0.1) is 5.69 Å². The third kappa shape index (κ3) is 1.83. The Hall–Kier alpha value is -1.88. The van der Waals surface area contributed by atoms with Gasteiger partial charge >= 0.3 is 0 Å². The molecule has 0 spiro atoms. The molecule has 13 heavy (non-hydrogen) atoms. The molecule has 0 saturated heterocycles. The highest BCUT2D eigenvalue weighted by Gasteiger charge is 2.05. The zero-order valence-electron chi connectivity index (χ0n) is 7.37. The molecule has 0 N–H and O–H groups in total. The summed E-state index contributed by atoms with van der Waals surface area (Å²) in [6.45, 7) is 4.86. The van der Waals surface area contributed by atoms with Gasteiger partial charge in [-0.25, -0.2) is 0 Å². The van der Waals surface area contributed by atoms with Crippen LogP contribution in [0.3, 0.4) is 0 Å². The van der Waals surface area contributed by atoms with Crippen LogP contribution in [0.15, 0.2) is 23.2 Å². The molecular formula is C11H9NO. The lowest BCUT2D eigenvalue weighted by atomic mass is 10.1. The van der Waals surface area contributed by atoms with Crippen molar-refractivity contribution in [3.05, 3.63) is 29.3 Å². The lowest BCUT2D eigenvalue weighted by Gasteiger charge is -2.01. The molecule has 1 rings (SSSR count). The van der Waals surface area contributed by atoms with Crippen molar-refractivity contribution in [2.24, 2.45) is 4.99 Å². The standard InChI is InChI=1S/C11H9NO/c1-4-9-5-6-10(8(2)13)11(7-9)12-3/h1,5-7H,3H2,2H3. The monoisotopic (exact) mass is 171 g/mol. The summed E-state index contributed by atoms with van der Waals surface area (Å²) in [5.41, 5.74) is 1.80. The molecule has 0 aliphatic carbocycles. The Kier molecular flexibility index (Phi) is 2.61. The fourth-order valence-corrected chi connectivity index (χ4v) is 1.05. The molecular weight excluding hydrogens is 162 g/mol. The molecule has 0 heterocycles. The maximum atomic E-state index is 11.1. The van der Waals surface area contributed by atoms with Gasteiger partial charge in [0.2, 0.25) is 0 Å². The van der Waals surface area contributed by atoms with E-state index < -0.39 is 0 Å². The number of carbonyl (C=O) groups is 1. The van der Waals surface area contributed by atoms with Gasteiger partial charge in [-0.1, -0.05) is 5.92 Å². The largest absolute Gasteiger partial charge is 0.294 e. The Bertz CT molecular complexity index is 399. The first-order valence-corrected chi connectivity index (χ1v) is 3.77. The summed E-state index contributed by atoms with van der Waals surface area (Å²) < 4.78 is 0. The number of hydrogen-bond acceptors (Lipinski definition) is 2. The minimum absolute atomic E-state index is 0.0361. The third-order valence-corrected chi connectivity index (χ3v) is 1.71. The van der Waals surface area contributed by atoms with Crippen LogP contribution in [0.5, 0.6) is 0 Å². The molecule has 0 bridgehead atoms. The van der Waals surface area contributed by atoms with Crippen LogP contribution in [0.1, 0.15) is 22.8 Å². The summed E-state index contributed by atoms with van der Waals surface area (Å²) in [6, 6.07) is 5.05. The van der Waals surface area contributed by atoms with E-state index in [1.807, 2.05) is 0 Å². The molecule has 0 atom stereocenters. The van der Waals surface area contributed by atoms with Crippen molar-refractivity contribution >= 4 is 18.2 Å². The highest BCUT2D eigenvalue weighted by molar-refractivity contribution is 5.99. The second-order valence-electron chi connectivity index (χ2n) is 2.59. The summed E-state index contributed by atoms with van der Waals surface area (Å²) in [7, 11) is 0. The van der Waals surface area contributed by atoms with Gasteiger partial charge in [-0.2, -0.15) is 0 Å². The van der Waals surface area contributed by atoms with Gasteiger partial charge in [-0.15, -0.1) is 6.42 Å². The number of nitrogens with zero attached hydrogens (tertiary/aromatic N) is 1. The van der Waals surface area contributed by atoms with E-state index in [4.69, 9.17) is 6.42 Å². The molecule has 0 aliphatic rings. The van der Waals surface area contributed by atoms with Crippen LogP contribution in [0.4, 0.5) is 5.69 Å². The average Bonchev–Trinajstić information content (AvgIpc) is 2.16. The number of ketones is 1. The van der Waals surface area contributed by atoms with E-state index in [-0.39, 0.29) is 5.78 Å². The smallest absolute Gasteiger partial charge is 0.161 e.